The molecule has 2 aromatic carbocycles. The van der Waals surface area contributed by atoms with Crippen LogP contribution < -0.4 is 14.9 Å². The molecule has 206 valence electrons. The topological polar surface area (TPSA) is 95.4 Å². The van der Waals surface area contributed by atoms with Crippen LogP contribution in [0.1, 0.15) is 20.8 Å². The minimum absolute atomic E-state index is 0.0270. The third kappa shape index (κ3) is 5.52. The molecular formula is C27H31F2N7O2S. The van der Waals surface area contributed by atoms with E-state index in [1.54, 1.807) is 60.8 Å². The van der Waals surface area contributed by atoms with E-state index in [1.807, 2.05) is 19.2 Å². The quantitative estimate of drug-likeness (QED) is 0.355. The molecule has 0 atom stereocenters. The van der Waals surface area contributed by atoms with Gasteiger partial charge >= 0.3 is 0 Å². The van der Waals surface area contributed by atoms with Crippen LogP contribution in [-0.2, 0) is 10.0 Å². The molecule has 9 nitrogen and oxygen atoms in total. The minimum Gasteiger partial charge on any atom is -0.364 e. The second-order valence-electron chi connectivity index (χ2n) is 10.6. The van der Waals surface area contributed by atoms with E-state index in [4.69, 9.17) is 0 Å². The zero-order chi connectivity index (χ0) is 27.9. The zero-order valence-corrected chi connectivity index (χ0v) is 23.1. The van der Waals surface area contributed by atoms with E-state index < -0.39 is 26.4 Å². The summed E-state index contributed by atoms with van der Waals surface area (Å²) >= 11 is 0. The predicted octanol–water partition coefficient (Wildman–Crippen LogP) is 4.73. The average molecular weight is 556 g/mol. The van der Waals surface area contributed by atoms with Gasteiger partial charge in [0.15, 0.2) is 11.6 Å². The monoisotopic (exact) mass is 555 g/mol. The summed E-state index contributed by atoms with van der Waals surface area (Å²) < 4.78 is 58.6. The van der Waals surface area contributed by atoms with E-state index in [-0.39, 0.29) is 17.3 Å². The Morgan fingerprint density at radius 3 is 2.31 bits per heavy atom. The molecule has 0 spiro atoms. The smallest absolute Gasteiger partial charge is 0.237 e. The molecule has 2 N–H and O–H groups in total. The summed E-state index contributed by atoms with van der Waals surface area (Å²) in [4.78, 5) is 12.7. The molecule has 1 fully saturated rings. The average Bonchev–Trinajstić information content (AvgIpc) is 3.27. The van der Waals surface area contributed by atoms with Crippen LogP contribution in [0.3, 0.4) is 0 Å². The molecule has 0 bridgehead atoms. The highest BCUT2D eigenvalue weighted by Crippen LogP contribution is 2.30. The first-order chi connectivity index (χ1) is 18.4. The van der Waals surface area contributed by atoms with Crippen molar-refractivity contribution in [2.75, 3.05) is 48.2 Å². The predicted molar refractivity (Wildman–Crippen MR) is 151 cm³/mol. The highest BCUT2D eigenvalue weighted by molar-refractivity contribution is 7.94. The number of aromatic nitrogens is 3. The number of likely N-dealkylation sites (N-methyl/N-ethyl adjacent to an activating group) is 1. The van der Waals surface area contributed by atoms with Gasteiger partial charge in [-0.2, -0.15) is 4.98 Å². The van der Waals surface area contributed by atoms with Crippen molar-refractivity contribution in [2.24, 2.45) is 0 Å². The molecular weight excluding hydrogens is 524 g/mol. The lowest BCUT2D eigenvalue weighted by molar-refractivity contribution is 0.310. The molecule has 5 rings (SSSR count). The third-order valence-corrected chi connectivity index (χ3v) is 8.82. The molecule has 39 heavy (non-hydrogen) atoms. The van der Waals surface area contributed by atoms with Gasteiger partial charge in [-0.25, -0.2) is 22.2 Å². The van der Waals surface area contributed by atoms with E-state index >= 15 is 0 Å². The Morgan fingerprint density at radius 2 is 1.64 bits per heavy atom. The van der Waals surface area contributed by atoms with Crippen LogP contribution in [0.5, 0.6) is 0 Å². The Kier molecular flexibility index (Phi) is 6.93. The first-order valence-corrected chi connectivity index (χ1v) is 14.1. The van der Waals surface area contributed by atoms with Gasteiger partial charge in [0.05, 0.1) is 10.4 Å². The van der Waals surface area contributed by atoms with Crippen LogP contribution in [0.15, 0.2) is 54.9 Å². The lowest BCUT2D eigenvalue weighted by atomic mass is 10.2. The van der Waals surface area contributed by atoms with Crippen molar-refractivity contribution in [3.05, 3.63) is 66.5 Å². The highest BCUT2D eigenvalue weighted by Gasteiger charge is 2.29. The van der Waals surface area contributed by atoms with Crippen LogP contribution in [0.2, 0.25) is 0 Å². The van der Waals surface area contributed by atoms with E-state index in [9.17, 15) is 17.2 Å². The summed E-state index contributed by atoms with van der Waals surface area (Å²) in [6.45, 7) is 7.44. The Labute approximate surface area is 226 Å². The van der Waals surface area contributed by atoms with Gasteiger partial charge in [0.25, 0.3) is 0 Å². The first kappa shape index (κ1) is 26.8. The van der Waals surface area contributed by atoms with E-state index in [1.165, 1.54) is 12.1 Å². The summed E-state index contributed by atoms with van der Waals surface area (Å²) in [6.07, 6.45) is 3.41. The van der Waals surface area contributed by atoms with Gasteiger partial charge in [-0.1, -0.05) is 6.07 Å². The van der Waals surface area contributed by atoms with Crippen molar-refractivity contribution in [1.29, 1.82) is 0 Å². The largest absolute Gasteiger partial charge is 0.364 e. The van der Waals surface area contributed by atoms with Gasteiger partial charge in [-0.05, 0) is 64.2 Å². The number of halogens is 2. The number of anilines is 4. The number of fused-ring (bicyclic) bond motifs is 1. The van der Waals surface area contributed by atoms with E-state index in [0.29, 0.717) is 30.1 Å². The third-order valence-electron chi connectivity index (χ3n) is 6.70. The van der Waals surface area contributed by atoms with Crippen LogP contribution in [0.25, 0.3) is 16.7 Å². The van der Waals surface area contributed by atoms with Gasteiger partial charge in [0, 0.05) is 55.3 Å². The molecule has 2 aromatic heterocycles. The number of hydrogen-bond donors (Lipinski definition) is 2. The summed E-state index contributed by atoms with van der Waals surface area (Å²) in [5.74, 6) is -1.14. The van der Waals surface area contributed by atoms with Crippen molar-refractivity contribution < 1.29 is 17.2 Å². The maximum absolute atomic E-state index is 15.0. The van der Waals surface area contributed by atoms with Crippen LogP contribution >= 0.6 is 0 Å². The SMILES string of the molecule is CN1CCN(c2c(F)cc(Nc3ncc4ccn(-c5cccc(NS(=O)(=O)C(C)(C)C)c5)c4n3)cc2F)CC1. The standard InChI is InChI=1S/C27H31F2N7O2S/c1-27(2,3)39(37,38)33-19-6-5-7-21(14-19)36-9-8-18-17-30-26(32-25(18)36)31-20-15-22(28)24(23(29)16-20)35-12-10-34(4)11-13-35/h5-9,14-17,33H,10-13H2,1-4H3,(H,30,31,32). The number of piperazine rings is 1. The Morgan fingerprint density at radius 1 is 0.949 bits per heavy atom. The maximum Gasteiger partial charge on any atom is 0.237 e. The van der Waals surface area contributed by atoms with Gasteiger partial charge in [-0.15, -0.1) is 0 Å². The molecule has 0 amide bonds. The molecule has 1 saturated heterocycles. The molecule has 3 heterocycles. The fourth-order valence-electron chi connectivity index (χ4n) is 4.31. The Balaban J connectivity index is 1.41. The summed E-state index contributed by atoms with van der Waals surface area (Å²) in [7, 11) is -1.62. The fraction of sp³-hybridized carbons (Fsp3) is 0.333. The van der Waals surface area contributed by atoms with Crippen molar-refractivity contribution in [3.8, 4) is 5.69 Å². The Bertz CT molecular complexity index is 1600. The number of sulfonamides is 1. The number of rotatable bonds is 6. The van der Waals surface area contributed by atoms with Crippen LogP contribution in [-0.4, -0.2) is 65.8 Å². The number of nitrogens with one attached hydrogen (secondary N) is 2. The van der Waals surface area contributed by atoms with Gasteiger partial charge in [0.1, 0.15) is 11.3 Å². The molecule has 0 aliphatic carbocycles. The normalized spacial score (nSPS) is 15.1. The molecule has 1 aliphatic rings. The second-order valence-corrected chi connectivity index (χ2v) is 13.1. The lowest BCUT2D eigenvalue weighted by Crippen LogP contribution is -2.45. The van der Waals surface area contributed by atoms with Gasteiger partial charge in [-0.3, -0.25) is 4.72 Å². The first-order valence-electron chi connectivity index (χ1n) is 12.6. The molecule has 0 unspecified atom stereocenters. The summed E-state index contributed by atoms with van der Waals surface area (Å²) in [5.41, 5.74) is 1.80. The Hall–Kier alpha value is -3.77. The van der Waals surface area contributed by atoms with Crippen molar-refractivity contribution in [1.82, 2.24) is 19.4 Å². The number of hydrogen-bond acceptors (Lipinski definition) is 7. The summed E-state index contributed by atoms with van der Waals surface area (Å²) in [5, 5.41) is 3.65. The molecule has 4 aromatic rings. The van der Waals surface area contributed by atoms with Crippen LogP contribution in [0, 0.1) is 11.6 Å². The van der Waals surface area contributed by atoms with Crippen LogP contribution in [0.4, 0.5) is 31.8 Å². The molecule has 12 heteroatoms. The second kappa shape index (κ2) is 10.1. The van der Waals surface area contributed by atoms with Crippen molar-refractivity contribution in [3.63, 3.8) is 0 Å². The number of nitrogens with zero attached hydrogens (tertiary/aromatic N) is 5. The van der Waals surface area contributed by atoms with Gasteiger partial charge < -0.3 is 19.7 Å². The van der Waals surface area contributed by atoms with Crippen molar-refractivity contribution >= 4 is 44.1 Å². The molecule has 0 saturated carbocycles. The lowest BCUT2D eigenvalue weighted by Gasteiger charge is -2.34. The van der Waals surface area contributed by atoms with Crippen molar-refractivity contribution in [2.45, 2.75) is 25.5 Å². The maximum atomic E-state index is 15.0. The highest BCUT2D eigenvalue weighted by atomic mass is 32.2. The minimum atomic E-state index is -3.60. The van der Waals surface area contributed by atoms with Gasteiger partial charge in [0.2, 0.25) is 16.0 Å². The van der Waals surface area contributed by atoms with E-state index in [0.717, 1.165) is 18.5 Å². The summed E-state index contributed by atoms with van der Waals surface area (Å²) in [6, 6.07) is 11.3. The molecule has 1 aliphatic heterocycles. The number of benzene rings is 2. The zero-order valence-electron chi connectivity index (χ0n) is 22.2. The van der Waals surface area contributed by atoms with E-state index in [2.05, 4.69) is 24.9 Å². The fourth-order valence-corrected chi connectivity index (χ4v) is 5.06. The molecule has 0 radical (unpaired) electrons.